The van der Waals surface area contributed by atoms with Gasteiger partial charge in [0.05, 0.1) is 5.56 Å². The number of piperazine rings is 1. The van der Waals surface area contributed by atoms with Crippen molar-refractivity contribution >= 4 is 23.4 Å². The quantitative estimate of drug-likeness (QED) is 0.751. The first kappa shape index (κ1) is 23.4. The van der Waals surface area contributed by atoms with E-state index in [0.29, 0.717) is 56.3 Å². The number of nitrogens with zero attached hydrogens (tertiary/aromatic N) is 4. The van der Waals surface area contributed by atoms with Crippen LogP contribution in [0.2, 0.25) is 0 Å². The van der Waals surface area contributed by atoms with Gasteiger partial charge in [-0.2, -0.15) is 13.2 Å². The number of amides is 3. The van der Waals surface area contributed by atoms with E-state index in [2.05, 4.69) is 10.3 Å². The minimum atomic E-state index is -4.42. The molecule has 1 fully saturated rings. The third-order valence-electron chi connectivity index (χ3n) is 5.40. The maximum atomic E-state index is 12.7. The zero-order chi connectivity index (χ0) is 23.3. The molecule has 172 valence electrons. The van der Waals surface area contributed by atoms with Crippen molar-refractivity contribution < 1.29 is 22.8 Å². The van der Waals surface area contributed by atoms with Crippen LogP contribution in [-0.2, 0) is 6.18 Å². The molecule has 2 heterocycles. The Labute approximate surface area is 184 Å². The van der Waals surface area contributed by atoms with Crippen molar-refractivity contribution in [1.29, 1.82) is 0 Å². The molecule has 7 nitrogen and oxygen atoms in total. The molecule has 2 aromatic rings. The maximum Gasteiger partial charge on any atom is 0.417 e. The van der Waals surface area contributed by atoms with Crippen LogP contribution in [0, 0.1) is 0 Å². The number of urea groups is 1. The summed E-state index contributed by atoms with van der Waals surface area (Å²) in [6.07, 6.45) is -3.59. The molecule has 32 heavy (non-hydrogen) atoms. The lowest BCUT2D eigenvalue weighted by Crippen LogP contribution is -2.50. The van der Waals surface area contributed by atoms with E-state index in [4.69, 9.17) is 0 Å². The van der Waals surface area contributed by atoms with Crippen LogP contribution in [0.4, 0.5) is 29.5 Å². The molecular formula is C22H26F3N5O2. The summed E-state index contributed by atoms with van der Waals surface area (Å²) in [4.78, 5) is 34.0. The minimum Gasteiger partial charge on any atom is -0.353 e. The van der Waals surface area contributed by atoms with E-state index in [1.807, 2.05) is 18.7 Å². The van der Waals surface area contributed by atoms with Crippen LogP contribution in [0.15, 0.2) is 42.6 Å². The number of pyridine rings is 1. The molecule has 0 unspecified atom stereocenters. The monoisotopic (exact) mass is 449 g/mol. The lowest BCUT2D eigenvalue weighted by Gasteiger charge is -2.35. The molecule has 0 radical (unpaired) electrons. The van der Waals surface area contributed by atoms with Crippen LogP contribution >= 0.6 is 0 Å². The number of benzene rings is 1. The Kier molecular flexibility index (Phi) is 7.22. The van der Waals surface area contributed by atoms with E-state index in [0.717, 1.165) is 12.3 Å². The van der Waals surface area contributed by atoms with E-state index in [-0.39, 0.29) is 11.9 Å². The van der Waals surface area contributed by atoms with Gasteiger partial charge >= 0.3 is 12.2 Å². The van der Waals surface area contributed by atoms with Crippen LogP contribution in [0.1, 0.15) is 29.8 Å². The normalized spacial score (nSPS) is 14.3. The molecule has 0 spiro atoms. The second kappa shape index (κ2) is 9.88. The van der Waals surface area contributed by atoms with Gasteiger partial charge in [0.1, 0.15) is 5.82 Å². The first-order valence-corrected chi connectivity index (χ1v) is 10.5. The molecule has 1 aromatic carbocycles. The summed E-state index contributed by atoms with van der Waals surface area (Å²) in [7, 11) is 0. The second-order valence-corrected chi connectivity index (χ2v) is 7.36. The molecule has 3 rings (SSSR count). The van der Waals surface area contributed by atoms with Crippen molar-refractivity contribution in [3.63, 3.8) is 0 Å². The van der Waals surface area contributed by atoms with Crippen LogP contribution < -0.4 is 10.2 Å². The van der Waals surface area contributed by atoms with Crippen LogP contribution in [-0.4, -0.2) is 66.0 Å². The maximum absolute atomic E-state index is 12.7. The fourth-order valence-corrected chi connectivity index (χ4v) is 3.47. The zero-order valence-corrected chi connectivity index (χ0v) is 18.0. The summed E-state index contributed by atoms with van der Waals surface area (Å²) in [6.45, 7) is 6.84. The van der Waals surface area contributed by atoms with Crippen molar-refractivity contribution in [1.82, 2.24) is 14.8 Å². The number of hydrogen-bond acceptors (Lipinski definition) is 4. The van der Waals surface area contributed by atoms with Crippen LogP contribution in [0.5, 0.6) is 0 Å². The van der Waals surface area contributed by atoms with E-state index < -0.39 is 11.7 Å². The predicted octanol–water partition coefficient (Wildman–Crippen LogP) is 3.94. The van der Waals surface area contributed by atoms with Gasteiger partial charge in [0.15, 0.2) is 0 Å². The average molecular weight is 449 g/mol. The van der Waals surface area contributed by atoms with Gasteiger partial charge in [-0.3, -0.25) is 4.79 Å². The Hall–Kier alpha value is -3.30. The molecular weight excluding hydrogens is 423 g/mol. The Morgan fingerprint density at radius 3 is 2.12 bits per heavy atom. The third-order valence-corrected chi connectivity index (χ3v) is 5.40. The summed E-state index contributed by atoms with van der Waals surface area (Å²) in [6, 6.07) is 8.84. The highest BCUT2D eigenvalue weighted by Gasteiger charge is 2.31. The van der Waals surface area contributed by atoms with Crippen LogP contribution in [0.25, 0.3) is 0 Å². The number of nitrogens with one attached hydrogen (secondary N) is 1. The van der Waals surface area contributed by atoms with Gasteiger partial charge in [0, 0.05) is 56.7 Å². The van der Waals surface area contributed by atoms with Crippen molar-refractivity contribution in [3.05, 3.63) is 53.7 Å². The molecule has 0 atom stereocenters. The fraction of sp³-hybridized carbons (Fsp3) is 0.409. The molecule has 1 aromatic heterocycles. The molecule has 1 saturated heterocycles. The highest BCUT2D eigenvalue weighted by Crippen LogP contribution is 2.29. The number of carbonyl (C=O) groups excluding carboxylic acids is 2. The fourth-order valence-electron chi connectivity index (χ4n) is 3.47. The number of aromatic nitrogens is 1. The molecule has 3 amide bonds. The van der Waals surface area contributed by atoms with E-state index in [1.54, 1.807) is 34.1 Å². The Bertz CT molecular complexity index is 920. The first-order valence-electron chi connectivity index (χ1n) is 10.5. The molecule has 0 aliphatic carbocycles. The van der Waals surface area contributed by atoms with E-state index in [9.17, 15) is 22.8 Å². The molecule has 10 heteroatoms. The van der Waals surface area contributed by atoms with Crippen molar-refractivity contribution in [2.45, 2.75) is 20.0 Å². The number of alkyl halides is 3. The Morgan fingerprint density at radius 1 is 1.00 bits per heavy atom. The molecule has 1 N–H and O–H groups in total. The van der Waals surface area contributed by atoms with Gasteiger partial charge < -0.3 is 20.0 Å². The molecule has 0 bridgehead atoms. The smallest absolute Gasteiger partial charge is 0.353 e. The average Bonchev–Trinajstić information content (AvgIpc) is 2.80. The third kappa shape index (κ3) is 5.49. The van der Waals surface area contributed by atoms with Gasteiger partial charge in [-0.25, -0.2) is 9.78 Å². The lowest BCUT2D eigenvalue weighted by atomic mass is 10.2. The summed E-state index contributed by atoms with van der Waals surface area (Å²) in [5, 5.41) is 2.82. The Morgan fingerprint density at radius 2 is 1.62 bits per heavy atom. The predicted molar refractivity (Wildman–Crippen MR) is 116 cm³/mol. The summed E-state index contributed by atoms with van der Waals surface area (Å²) < 4.78 is 38.1. The van der Waals surface area contributed by atoms with E-state index in [1.165, 1.54) is 6.07 Å². The number of halogens is 3. The topological polar surface area (TPSA) is 68.8 Å². The standard InChI is InChI=1S/C22H26F3N5O2/c1-3-28(4-2)20(31)16-5-8-18(9-6-16)27-21(32)30-13-11-29(12-14-30)19-10-7-17(15-26-19)22(23,24)25/h5-10,15H,3-4,11-14H2,1-2H3,(H,27,32). The molecule has 1 aliphatic heterocycles. The number of hydrogen-bond donors (Lipinski definition) is 1. The van der Waals surface area contributed by atoms with Gasteiger partial charge in [0.25, 0.3) is 5.91 Å². The molecule has 0 saturated carbocycles. The number of anilines is 2. The van der Waals surface area contributed by atoms with Crippen LogP contribution in [0.3, 0.4) is 0 Å². The second-order valence-electron chi connectivity index (χ2n) is 7.36. The summed E-state index contributed by atoms with van der Waals surface area (Å²) >= 11 is 0. The van der Waals surface area contributed by atoms with Crippen molar-refractivity contribution in [3.8, 4) is 0 Å². The van der Waals surface area contributed by atoms with E-state index >= 15 is 0 Å². The highest BCUT2D eigenvalue weighted by atomic mass is 19.4. The SMILES string of the molecule is CCN(CC)C(=O)c1ccc(NC(=O)N2CCN(c3ccc(C(F)(F)F)cn3)CC2)cc1. The zero-order valence-electron chi connectivity index (χ0n) is 18.0. The van der Waals surface area contributed by atoms with Gasteiger partial charge in [-0.15, -0.1) is 0 Å². The van der Waals surface area contributed by atoms with Gasteiger partial charge in [-0.1, -0.05) is 0 Å². The lowest BCUT2D eigenvalue weighted by molar-refractivity contribution is -0.137. The summed E-state index contributed by atoms with van der Waals surface area (Å²) in [5.41, 5.74) is 0.353. The Balaban J connectivity index is 1.53. The number of rotatable bonds is 5. The van der Waals surface area contributed by atoms with Crippen molar-refractivity contribution in [2.75, 3.05) is 49.5 Å². The largest absolute Gasteiger partial charge is 0.417 e. The van der Waals surface area contributed by atoms with Gasteiger partial charge in [-0.05, 0) is 50.2 Å². The number of carbonyl (C=O) groups is 2. The van der Waals surface area contributed by atoms with Gasteiger partial charge in [0.2, 0.25) is 0 Å². The first-order chi connectivity index (χ1) is 15.2. The highest BCUT2D eigenvalue weighted by molar-refractivity contribution is 5.95. The summed E-state index contributed by atoms with van der Waals surface area (Å²) in [5.74, 6) is 0.396. The molecule has 1 aliphatic rings. The van der Waals surface area contributed by atoms with Crippen molar-refractivity contribution in [2.24, 2.45) is 0 Å². The minimum absolute atomic E-state index is 0.0547.